The monoisotopic (exact) mass is 402 g/mol. The summed E-state index contributed by atoms with van der Waals surface area (Å²) in [6, 6.07) is 11.5. The normalized spacial score (nSPS) is 19.3. The fraction of sp³-hybridized carbons (Fsp3) is 0.350. The Morgan fingerprint density at radius 2 is 1.71 bits per heavy atom. The average molecular weight is 402 g/mol. The second-order valence-electron chi connectivity index (χ2n) is 6.98. The van der Waals surface area contributed by atoms with Crippen molar-refractivity contribution in [2.45, 2.75) is 30.2 Å². The van der Waals surface area contributed by atoms with E-state index in [1.54, 1.807) is 0 Å². The number of hydrogen-bond donors (Lipinski definition) is 1. The van der Waals surface area contributed by atoms with Crippen molar-refractivity contribution in [1.82, 2.24) is 4.90 Å². The highest BCUT2D eigenvalue weighted by Gasteiger charge is 2.31. The van der Waals surface area contributed by atoms with Gasteiger partial charge in [-0.1, -0.05) is 6.07 Å². The van der Waals surface area contributed by atoms with Crippen LogP contribution in [0.3, 0.4) is 0 Å². The first-order chi connectivity index (χ1) is 13.4. The van der Waals surface area contributed by atoms with E-state index in [-0.39, 0.29) is 16.8 Å². The highest BCUT2D eigenvalue weighted by atomic mass is 32.2. The first-order valence-corrected chi connectivity index (χ1v) is 10.8. The summed E-state index contributed by atoms with van der Waals surface area (Å²) in [4.78, 5) is 14.8. The highest BCUT2D eigenvalue weighted by molar-refractivity contribution is 7.89. The van der Waals surface area contributed by atoms with Crippen molar-refractivity contribution in [2.75, 3.05) is 19.8 Å². The molecule has 0 radical (unpaired) electrons. The molecule has 4 rings (SSSR count). The summed E-state index contributed by atoms with van der Waals surface area (Å²) in [7, 11) is -3.78. The molecule has 0 bridgehead atoms. The van der Waals surface area contributed by atoms with E-state index < -0.39 is 10.0 Å². The number of rotatable bonds is 3. The Morgan fingerprint density at radius 1 is 1.00 bits per heavy atom. The minimum absolute atomic E-state index is 0.00933. The highest BCUT2D eigenvalue weighted by Crippen LogP contribution is 2.38. The third-order valence-electron chi connectivity index (χ3n) is 5.10. The number of sulfonamides is 1. The molecule has 148 valence electrons. The zero-order valence-electron chi connectivity index (χ0n) is 15.3. The molecule has 0 spiro atoms. The van der Waals surface area contributed by atoms with Crippen LogP contribution in [0.25, 0.3) is 0 Å². The number of likely N-dealkylation sites (tertiary alicyclic amines) is 1. The summed E-state index contributed by atoms with van der Waals surface area (Å²) < 4.78 is 34.3. The number of hydrogen-bond acceptors (Lipinski definition) is 5. The van der Waals surface area contributed by atoms with Crippen LogP contribution in [0, 0.1) is 0 Å². The topological polar surface area (TPSA) is 98.9 Å². The third-order valence-corrected chi connectivity index (χ3v) is 6.03. The molecule has 2 heterocycles. The van der Waals surface area contributed by atoms with E-state index in [2.05, 4.69) is 0 Å². The molecule has 1 unspecified atom stereocenters. The molecule has 7 nitrogen and oxygen atoms in total. The Bertz CT molecular complexity index is 988. The van der Waals surface area contributed by atoms with Crippen molar-refractivity contribution in [3.8, 4) is 11.5 Å². The molecule has 0 aliphatic carbocycles. The summed E-state index contributed by atoms with van der Waals surface area (Å²) >= 11 is 0. The van der Waals surface area contributed by atoms with Crippen LogP contribution in [-0.4, -0.2) is 39.0 Å². The minimum atomic E-state index is -3.78. The van der Waals surface area contributed by atoms with E-state index in [9.17, 15) is 13.2 Å². The molecule has 0 saturated carbocycles. The zero-order valence-corrected chi connectivity index (χ0v) is 16.2. The van der Waals surface area contributed by atoms with Gasteiger partial charge in [-0.05, 0) is 54.8 Å². The Hall–Kier alpha value is -2.58. The van der Waals surface area contributed by atoms with E-state index in [0.29, 0.717) is 31.1 Å². The van der Waals surface area contributed by atoms with Crippen molar-refractivity contribution in [1.29, 1.82) is 0 Å². The second kappa shape index (κ2) is 7.44. The van der Waals surface area contributed by atoms with Crippen molar-refractivity contribution in [2.24, 2.45) is 5.14 Å². The van der Waals surface area contributed by atoms with Gasteiger partial charge in [-0.2, -0.15) is 0 Å². The molecule has 2 aromatic rings. The van der Waals surface area contributed by atoms with Gasteiger partial charge in [0.2, 0.25) is 10.0 Å². The van der Waals surface area contributed by atoms with Gasteiger partial charge in [-0.3, -0.25) is 4.79 Å². The number of carbonyl (C=O) groups excluding carboxylic acids is 1. The van der Waals surface area contributed by atoms with Gasteiger partial charge < -0.3 is 14.4 Å². The van der Waals surface area contributed by atoms with Crippen LogP contribution in [0.4, 0.5) is 0 Å². The summed E-state index contributed by atoms with van der Waals surface area (Å²) in [6.45, 7) is 1.89. The van der Waals surface area contributed by atoms with Crippen LogP contribution in [0.1, 0.15) is 41.2 Å². The van der Waals surface area contributed by atoms with Crippen molar-refractivity contribution >= 4 is 15.9 Å². The quantitative estimate of drug-likeness (QED) is 0.850. The fourth-order valence-electron chi connectivity index (χ4n) is 3.70. The summed E-state index contributed by atoms with van der Waals surface area (Å²) in [5.74, 6) is 1.32. The lowest BCUT2D eigenvalue weighted by Gasteiger charge is -2.26. The van der Waals surface area contributed by atoms with E-state index in [4.69, 9.17) is 14.6 Å². The Labute approximate surface area is 164 Å². The van der Waals surface area contributed by atoms with Gasteiger partial charge >= 0.3 is 0 Å². The van der Waals surface area contributed by atoms with Crippen LogP contribution in [-0.2, 0) is 10.0 Å². The van der Waals surface area contributed by atoms with E-state index in [1.165, 1.54) is 24.3 Å². The van der Waals surface area contributed by atoms with Gasteiger partial charge in [0.1, 0.15) is 0 Å². The van der Waals surface area contributed by atoms with Crippen LogP contribution < -0.4 is 14.6 Å². The van der Waals surface area contributed by atoms with E-state index >= 15 is 0 Å². The zero-order chi connectivity index (χ0) is 19.7. The van der Waals surface area contributed by atoms with Gasteiger partial charge in [0.15, 0.2) is 11.5 Å². The summed E-state index contributed by atoms with van der Waals surface area (Å²) in [5, 5.41) is 5.12. The number of ether oxygens (including phenoxy) is 2. The number of carbonyl (C=O) groups is 1. The third kappa shape index (κ3) is 3.70. The number of nitrogens with two attached hydrogens (primary N) is 1. The van der Waals surface area contributed by atoms with Crippen molar-refractivity contribution in [3.63, 3.8) is 0 Å². The van der Waals surface area contributed by atoms with Crippen molar-refractivity contribution < 1.29 is 22.7 Å². The maximum atomic E-state index is 13.0. The molecule has 2 aliphatic heterocycles. The van der Waals surface area contributed by atoms with Crippen LogP contribution >= 0.6 is 0 Å². The second-order valence-corrected chi connectivity index (χ2v) is 8.54. The fourth-order valence-corrected chi connectivity index (χ4v) is 4.21. The predicted molar refractivity (Wildman–Crippen MR) is 103 cm³/mol. The number of nitrogens with zero attached hydrogens (tertiary/aromatic N) is 1. The van der Waals surface area contributed by atoms with E-state index in [0.717, 1.165) is 30.6 Å². The molecule has 1 fully saturated rings. The lowest BCUT2D eigenvalue weighted by atomic mass is 10.0. The van der Waals surface area contributed by atoms with Gasteiger partial charge in [-0.15, -0.1) is 0 Å². The summed E-state index contributed by atoms with van der Waals surface area (Å²) in [6.07, 6.45) is 2.60. The van der Waals surface area contributed by atoms with E-state index in [1.807, 2.05) is 23.1 Å². The van der Waals surface area contributed by atoms with Crippen LogP contribution in [0.2, 0.25) is 0 Å². The molecule has 0 aromatic heterocycles. The molecule has 1 atom stereocenters. The number of primary sulfonamides is 1. The number of benzene rings is 2. The molecule has 8 heteroatoms. The van der Waals surface area contributed by atoms with Gasteiger partial charge in [0.05, 0.1) is 24.2 Å². The molecule has 2 aliphatic rings. The lowest BCUT2D eigenvalue weighted by Crippen LogP contribution is -2.30. The molecular formula is C20H22N2O5S. The van der Waals surface area contributed by atoms with Gasteiger partial charge in [-0.25, -0.2) is 13.6 Å². The number of amides is 1. The molecule has 1 amide bonds. The SMILES string of the molecule is NS(=O)(=O)c1ccc(C(=O)N2CCCC2c2ccc3c(c2)OCCCO3)cc1. The maximum Gasteiger partial charge on any atom is 0.254 e. The predicted octanol–water partition coefficient (Wildman–Crippen LogP) is 2.47. The van der Waals surface area contributed by atoms with Crippen LogP contribution in [0.5, 0.6) is 11.5 Å². The Balaban J connectivity index is 1.58. The molecule has 2 N–H and O–H groups in total. The molecule has 28 heavy (non-hydrogen) atoms. The smallest absolute Gasteiger partial charge is 0.254 e. The van der Waals surface area contributed by atoms with Crippen molar-refractivity contribution in [3.05, 3.63) is 53.6 Å². The lowest BCUT2D eigenvalue weighted by molar-refractivity contribution is 0.0735. The maximum absolute atomic E-state index is 13.0. The van der Waals surface area contributed by atoms with Gasteiger partial charge in [0.25, 0.3) is 5.91 Å². The first kappa shape index (κ1) is 18.8. The first-order valence-electron chi connectivity index (χ1n) is 9.27. The van der Waals surface area contributed by atoms with Crippen LogP contribution in [0.15, 0.2) is 47.4 Å². The summed E-state index contributed by atoms with van der Waals surface area (Å²) in [5.41, 5.74) is 1.45. The number of fused-ring (bicyclic) bond motifs is 1. The van der Waals surface area contributed by atoms with Gasteiger partial charge in [0, 0.05) is 18.5 Å². The Kier molecular flexibility index (Phi) is 4.99. The average Bonchev–Trinajstić information content (AvgIpc) is 3.05. The standard InChI is InChI=1S/C20H22N2O5S/c21-28(24,25)16-7-4-14(5-8-16)20(23)22-10-1-3-17(22)15-6-9-18-19(13-15)27-12-2-11-26-18/h4-9,13,17H,1-3,10-12H2,(H2,21,24,25). The molecule has 2 aromatic carbocycles. The Morgan fingerprint density at radius 3 is 2.43 bits per heavy atom. The molecular weight excluding hydrogens is 380 g/mol. The minimum Gasteiger partial charge on any atom is -0.490 e. The largest absolute Gasteiger partial charge is 0.490 e. The molecule has 1 saturated heterocycles.